The smallest absolute Gasteiger partial charge is 0.190 e. The van der Waals surface area contributed by atoms with Gasteiger partial charge in [0.1, 0.15) is 5.82 Å². The van der Waals surface area contributed by atoms with Gasteiger partial charge in [0.05, 0.1) is 0 Å². The molecule has 0 radical (unpaired) electrons. The van der Waals surface area contributed by atoms with E-state index in [4.69, 9.17) is 5.84 Å². The van der Waals surface area contributed by atoms with Gasteiger partial charge in [-0.15, -0.1) is 11.3 Å². The molecule has 0 unspecified atom stereocenters. The van der Waals surface area contributed by atoms with Crippen molar-refractivity contribution in [3.63, 3.8) is 0 Å². The first kappa shape index (κ1) is 8.09. The van der Waals surface area contributed by atoms with E-state index in [1.165, 1.54) is 11.3 Å². The van der Waals surface area contributed by atoms with E-state index in [1.54, 1.807) is 18.5 Å². The summed E-state index contributed by atoms with van der Waals surface area (Å²) in [5, 5.41) is 2.67. The summed E-state index contributed by atoms with van der Waals surface area (Å²) in [6.45, 7) is 0. The molecule has 0 aliphatic carbocycles. The second kappa shape index (κ2) is 3.46. The number of nitrogen functional groups attached to an aromatic ring is 1. The summed E-state index contributed by atoms with van der Waals surface area (Å²) in [7, 11) is 0. The zero-order chi connectivity index (χ0) is 9.10. The minimum absolute atomic E-state index is 0.584. The molecule has 0 bridgehead atoms. The van der Waals surface area contributed by atoms with Gasteiger partial charge < -0.3 is 5.43 Å². The molecule has 2 heterocycles. The van der Waals surface area contributed by atoms with Crippen molar-refractivity contribution in [3.8, 4) is 10.8 Å². The summed E-state index contributed by atoms with van der Waals surface area (Å²) < 4.78 is 0. The van der Waals surface area contributed by atoms with Crippen molar-refractivity contribution >= 4 is 17.2 Å². The Balaban J connectivity index is 2.41. The van der Waals surface area contributed by atoms with E-state index in [9.17, 15) is 0 Å². The zero-order valence-electron chi connectivity index (χ0n) is 6.64. The van der Waals surface area contributed by atoms with Crippen molar-refractivity contribution in [2.45, 2.75) is 0 Å². The number of nitrogens with zero attached hydrogens (tertiary/aromatic N) is 3. The number of hydrogen-bond donors (Lipinski definition) is 2. The zero-order valence-corrected chi connectivity index (χ0v) is 7.45. The fraction of sp³-hybridized carbons (Fsp3) is 0. The number of anilines is 1. The predicted octanol–water partition coefficient (Wildman–Crippen LogP) is 0.886. The van der Waals surface area contributed by atoms with Crippen molar-refractivity contribution < 1.29 is 0 Å². The van der Waals surface area contributed by atoms with Gasteiger partial charge in [0.15, 0.2) is 10.8 Å². The minimum Gasteiger partial charge on any atom is -0.308 e. The molecule has 0 aliphatic heterocycles. The van der Waals surface area contributed by atoms with Gasteiger partial charge in [0.25, 0.3) is 0 Å². The van der Waals surface area contributed by atoms with Gasteiger partial charge in [-0.2, -0.15) is 0 Å². The summed E-state index contributed by atoms with van der Waals surface area (Å²) >= 11 is 1.49. The summed E-state index contributed by atoms with van der Waals surface area (Å²) in [5.41, 5.74) is 2.46. The van der Waals surface area contributed by atoms with E-state index >= 15 is 0 Å². The Kier molecular flexibility index (Phi) is 2.15. The molecule has 5 nitrogen and oxygen atoms in total. The molecule has 0 amide bonds. The van der Waals surface area contributed by atoms with Crippen LogP contribution in [0.15, 0.2) is 23.8 Å². The van der Waals surface area contributed by atoms with Crippen LogP contribution in [0.5, 0.6) is 0 Å². The Hall–Kier alpha value is -1.53. The number of rotatable bonds is 2. The highest BCUT2D eigenvalue weighted by Gasteiger charge is 2.03. The van der Waals surface area contributed by atoms with Crippen LogP contribution in [0.2, 0.25) is 0 Å². The Morgan fingerprint density at radius 1 is 1.31 bits per heavy atom. The van der Waals surface area contributed by atoms with Crippen LogP contribution >= 0.6 is 11.3 Å². The quantitative estimate of drug-likeness (QED) is 0.547. The largest absolute Gasteiger partial charge is 0.308 e. The van der Waals surface area contributed by atoms with Crippen LogP contribution in [0.3, 0.4) is 0 Å². The number of thiazole rings is 1. The first-order valence-corrected chi connectivity index (χ1v) is 4.47. The lowest BCUT2D eigenvalue weighted by Gasteiger charge is -1.98. The van der Waals surface area contributed by atoms with Gasteiger partial charge in [-0.3, -0.25) is 0 Å². The fourth-order valence-electron chi connectivity index (χ4n) is 0.876. The molecule has 66 valence electrons. The SMILES string of the molecule is NNc1ccnc(-c2nccs2)n1. The van der Waals surface area contributed by atoms with Crippen molar-refractivity contribution in [2.24, 2.45) is 5.84 Å². The third kappa shape index (κ3) is 1.63. The number of hydrazine groups is 1. The molecule has 3 N–H and O–H groups in total. The van der Waals surface area contributed by atoms with Crippen molar-refractivity contribution in [1.82, 2.24) is 15.0 Å². The standard InChI is InChI=1S/C7H7N5S/c8-12-5-1-2-9-6(11-5)7-10-3-4-13-7/h1-4H,8H2,(H,9,11,12). The van der Waals surface area contributed by atoms with Crippen LogP contribution in [0, 0.1) is 0 Å². The molecule has 13 heavy (non-hydrogen) atoms. The second-order valence-corrected chi connectivity index (χ2v) is 3.14. The molecule has 0 saturated carbocycles. The molecule has 2 aromatic rings. The molecule has 2 aromatic heterocycles. The molecular formula is C7H7N5S. The van der Waals surface area contributed by atoms with Gasteiger partial charge in [-0.05, 0) is 0 Å². The van der Waals surface area contributed by atoms with Gasteiger partial charge >= 0.3 is 0 Å². The molecular weight excluding hydrogens is 186 g/mol. The monoisotopic (exact) mass is 193 g/mol. The third-order valence-electron chi connectivity index (χ3n) is 1.43. The summed E-state index contributed by atoms with van der Waals surface area (Å²) in [6, 6.07) is 1.69. The molecule has 0 saturated heterocycles. The minimum atomic E-state index is 0.584. The van der Waals surface area contributed by atoms with Crippen LogP contribution in [-0.2, 0) is 0 Å². The molecule has 0 fully saturated rings. The van der Waals surface area contributed by atoms with E-state index in [1.807, 2.05) is 5.38 Å². The maximum Gasteiger partial charge on any atom is 0.190 e. The van der Waals surface area contributed by atoms with Crippen LogP contribution in [0.4, 0.5) is 5.82 Å². The predicted molar refractivity (Wildman–Crippen MR) is 51.0 cm³/mol. The molecule has 0 atom stereocenters. The summed E-state index contributed by atoms with van der Waals surface area (Å²) in [6.07, 6.45) is 3.35. The molecule has 0 aliphatic rings. The van der Waals surface area contributed by atoms with E-state index in [0.29, 0.717) is 11.6 Å². The van der Waals surface area contributed by atoms with E-state index in [-0.39, 0.29) is 0 Å². The summed E-state index contributed by atoms with van der Waals surface area (Å²) in [5.74, 6) is 6.39. The van der Waals surface area contributed by atoms with Gasteiger partial charge in [-0.1, -0.05) is 0 Å². The topological polar surface area (TPSA) is 76.7 Å². The first-order chi connectivity index (χ1) is 6.40. The molecule has 2 rings (SSSR count). The van der Waals surface area contributed by atoms with Crippen LogP contribution in [0.1, 0.15) is 0 Å². The normalized spacial score (nSPS) is 9.92. The Morgan fingerprint density at radius 2 is 2.23 bits per heavy atom. The Labute approximate surface area is 78.6 Å². The first-order valence-electron chi connectivity index (χ1n) is 3.59. The lowest BCUT2D eigenvalue weighted by molar-refractivity contribution is 1.14. The molecule has 0 spiro atoms. The molecule has 0 aromatic carbocycles. The maximum atomic E-state index is 5.21. The van der Waals surface area contributed by atoms with Gasteiger partial charge in [0.2, 0.25) is 0 Å². The number of nitrogens with two attached hydrogens (primary N) is 1. The fourth-order valence-corrected chi connectivity index (χ4v) is 1.45. The average molecular weight is 193 g/mol. The van der Waals surface area contributed by atoms with Crippen molar-refractivity contribution in [1.29, 1.82) is 0 Å². The number of nitrogens with one attached hydrogen (secondary N) is 1. The van der Waals surface area contributed by atoms with Gasteiger partial charge in [0, 0.05) is 23.8 Å². The highest BCUT2D eigenvalue weighted by Crippen LogP contribution is 2.17. The lowest BCUT2D eigenvalue weighted by Crippen LogP contribution is -2.08. The van der Waals surface area contributed by atoms with Crippen LogP contribution in [-0.4, -0.2) is 15.0 Å². The second-order valence-electron chi connectivity index (χ2n) is 2.25. The van der Waals surface area contributed by atoms with E-state index < -0.39 is 0 Å². The van der Waals surface area contributed by atoms with Crippen LogP contribution in [0.25, 0.3) is 10.8 Å². The maximum absolute atomic E-state index is 5.21. The van der Waals surface area contributed by atoms with Gasteiger partial charge in [-0.25, -0.2) is 20.8 Å². The Bertz CT molecular complexity index is 386. The summed E-state index contributed by atoms with van der Waals surface area (Å²) in [4.78, 5) is 12.3. The third-order valence-corrected chi connectivity index (χ3v) is 2.20. The molecule has 6 heteroatoms. The highest BCUT2D eigenvalue weighted by atomic mass is 32.1. The van der Waals surface area contributed by atoms with Crippen molar-refractivity contribution in [3.05, 3.63) is 23.8 Å². The van der Waals surface area contributed by atoms with Crippen molar-refractivity contribution in [2.75, 3.05) is 5.43 Å². The van der Waals surface area contributed by atoms with E-state index in [0.717, 1.165) is 5.01 Å². The Morgan fingerprint density at radius 3 is 2.92 bits per heavy atom. The lowest BCUT2D eigenvalue weighted by atomic mass is 10.5. The number of hydrogen-bond acceptors (Lipinski definition) is 6. The number of aromatic nitrogens is 3. The van der Waals surface area contributed by atoms with Crippen LogP contribution < -0.4 is 11.3 Å². The average Bonchev–Trinajstić information content (AvgIpc) is 2.71. The highest BCUT2D eigenvalue weighted by molar-refractivity contribution is 7.12. The van der Waals surface area contributed by atoms with E-state index in [2.05, 4.69) is 20.4 Å².